The molecule has 3 heterocycles. The van der Waals surface area contributed by atoms with Gasteiger partial charge in [-0.2, -0.15) is 0 Å². The lowest BCUT2D eigenvalue weighted by Crippen LogP contribution is -2.55. The summed E-state index contributed by atoms with van der Waals surface area (Å²) >= 11 is 0. The van der Waals surface area contributed by atoms with E-state index in [-0.39, 0.29) is 30.5 Å². The summed E-state index contributed by atoms with van der Waals surface area (Å²) in [4.78, 5) is 21.1. The van der Waals surface area contributed by atoms with Gasteiger partial charge in [-0.05, 0) is 44.0 Å². The Balaban J connectivity index is 1.27. The monoisotopic (exact) mass is 416 g/mol. The smallest absolute Gasteiger partial charge is 0.248 e. The van der Waals surface area contributed by atoms with Crippen molar-refractivity contribution in [2.45, 2.75) is 45.0 Å². The molecule has 2 fully saturated rings. The Morgan fingerprint density at radius 3 is 2.73 bits per heavy atom. The van der Waals surface area contributed by atoms with Crippen molar-refractivity contribution in [1.82, 2.24) is 19.4 Å². The van der Waals surface area contributed by atoms with Crippen molar-refractivity contribution in [2.24, 2.45) is 0 Å². The predicted molar refractivity (Wildman–Crippen MR) is 110 cm³/mol. The third-order valence-corrected chi connectivity index (χ3v) is 5.94. The molecule has 1 unspecified atom stereocenters. The number of ether oxygens (including phenoxy) is 2. The summed E-state index contributed by atoms with van der Waals surface area (Å²) in [5.41, 5.74) is 1.23. The van der Waals surface area contributed by atoms with Crippen LogP contribution >= 0.6 is 0 Å². The number of morpholine rings is 1. The second-order valence-electron chi connectivity index (χ2n) is 7.92. The molecule has 0 aliphatic carbocycles. The molecule has 0 radical (unpaired) electrons. The van der Waals surface area contributed by atoms with Crippen molar-refractivity contribution in [3.8, 4) is 5.75 Å². The number of aromatic nitrogens is 2. The summed E-state index contributed by atoms with van der Waals surface area (Å²) < 4.78 is 26.6. The number of piperidine rings is 1. The van der Waals surface area contributed by atoms with E-state index in [0.717, 1.165) is 39.0 Å². The number of likely N-dealkylation sites (tertiary alicyclic amines) is 1. The van der Waals surface area contributed by atoms with Crippen molar-refractivity contribution in [1.29, 1.82) is 0 Å². The fraction of sp³-hybridized carbons (Fsp3) is 0.545. The van der Waals surface area contributed by atoms with Crippen LogP contribution in [-0.2, 0) is 22.6 Å². The van der Waals surface area contributed by atoms with Crippen LogP contribution in [-0.4, -0.2) is 70.3 Å². The van der Waals surface area contributed by atoms with Crippen molar-refractivity contribution in [3.63, 3.8) is 0 Å². The molecule has 0 N–H and O–H groups in total. The van der Waals surface area contributed by atoms with Crippen LogP contribution in [0.5, 0.6) is 5.75 Å². The Kier molecular flexibility index (Phi) is 6.64. The Bertz CT molecular complexity index is 833. The fourth-order valence-electron chi connectivity index (χ4n) is 4.20. The summed E-state index contributed by atoms with van der Waals surface area (Å²) in [6, 6.07) is 6.17. The Labute approximate surface area is 176 Å². The number of hydrogen-bond acceptors (Lipinski definition) is 5. The van der Waals surface area contributed by atoms with E-state index in [9.17, 15) is 9.18 Å². The van der Waals surface area contributed by atoms with E-state index < -0.39 is 0 Å². The molecule has 2 saturated heterocycles. The molecular formula is C22H29FN4O3. The van der Waals surface area contributed by atoms with Crippen LogP contribution in [0.2, 0.25) is 0 Å². The van der Waals surface area contributed by atoms with E-state index >= 15 is 0 Å². The average molecular weight is 416 g/mol. The molecule has 1 amide bonds. The molecule has 162 valence electrons. The molecule has 2 aliphatic heterocycles. The number of halogens is 1. The van der Waals surface area contributed by atoms with Crippen LogP contribution in [0, 0.1) is 5.82 Å². The molecule has 0 spiro atoms. The van der Waals surface area contributed by atoms with Gasteiger partial charge in [-0.25, -0.2) is 9.37 Å². The normalized spacial score (nSPS) is 21.2. The number of amides is 1. The molecule has 1 aromatic heterocycles. The van der Waals surface area contributed by atoms with E-state index in [1.807, 2.05) is 17.4 Å². The van der Waals surface area contributed by atoms with E-state index in [0.29, 0.717) is 18.9 Å². The summed E-state index contributed by atoms with van der Waals surface area (Å²) in [6.07, 6.45) is 5.55. The Morgan fingerprint density at radius 2 is 2.00 bits per heavy atom. The molecule has 7 nitrogen and oxygen atoms in total. The second-order valence-corrected chi connectivity index (χ2v) is 7.92. The molecule has 2 aliphatic rings. The Morgan fingerprint density at radius 1 is 1.23 bits per heavy atom. The van der Waals surface area contributed by atoms with Crippen LogP contribution in [0.15, 0.2) is 36.8 Å². The zero-order valence-electron chi connectivity index (χ0n) is 17.4. The van der Waals surface area contributed by atoms with Gasteiger partial charge in [0.15, 0.2) is 0 Å². The molecule has 8 heteroatoms. The van der Waals surface area contributed by atoms with Crippen LogP contribution in [0.1, 0.15) is 25.5 Å². The van der Waals surface area contributed by atoms with Crippen LogP contribution in [0.4, 0.5) is 4.39 Å². The topological polar surface area (TPSA) is 59.8 Å². The lowest BCUT2D eigenvalue weighted by Gasteiger charge is -2.42. The third kappa shape index (κ3) is 4.99. The average Bonchev–Trinajstić information content (AvgIpc) is 3.22. The maximum Gasteiger partial charge on any atom is 0.248 e. The first-order chi connectivity index (χ1) is 14.6. The lowest BCUT2D eigenvalue weighted by atomic mass is 10.0. The number of carbonyl (C=O) groups excluding carboxylic acids is 1. The van der Waals surface area contributed by atoms with Gasteiger partial charge < -0.3 is 18.9 Å². The molecule has 0 bridgehead atoms. The second kappa shape index (κ2) is 9.57. The number of hydrogen-bond donors (Lipinski definition) is 0. The van der Waals surface area contributed by atoms with Crippen molar-refractivity contribution in [2.75, 3.05) is 32.8 Å². The van der Waals surface area contributed by atoms with Crippen LogP contribution in [0.25, 0.3) is 0 Å². The number of benzene rings is 1. The summed E-state index contributed by atoms with van der Waals surface area (Å²) in [5.74, 6) is 0.358. The molecule has 30 heavy (non-hydrogen) atoms. The maximum atomic E-state index is 13.0. The third-order valence-electron chi connectivity index (χ3n) is 5.94. The van der Waals surface area contributed by atoms with Crippen LogP contribution < -0.4 is 4.74 Å². The van der Waals surface area contributed by atoms with Gasteiger partial charge in [-0.3, -0.25) is 9.69 Å². The molecule has 4 rings (SSSR count). The fourth-order valence-corrected chi connectivity index (χ4v) is 4.20. The van der Waals surface area contributed by atoms with Crippen molar-refractivity contribution in [3.05, 3.63) is 48.3 Å². The number of aryl methyl sites for hydroxylation is 1. The van der Waals surface area contributed by atoms with E-state index in [2.05, 4.69) is 21.4 Å². The van der Waals surface area contributed by atoms with Gasteiger partial charge in [0.05, 0.1) is 18.6 Å². The SMILES string of the molecule is CCn1cncc1CN1CCC(N2CC(COc3ccc(F)cc3)OCC2=O)CC1. The summed E-state index contributed by atoms with van der Waals surface area (Å²) in [5, 5.41) is 0. The molecule has 1 aromatic carbocycles. The highest BCUT2D eigenvalue weighted by atomic mass is 19.1. The minimum Gasteiger partial charge on any atom is -0.491 e. The first-order valence-electron chi connectivity index (χ1n) is 10.6. The Hall–Kier alpha value is -2.45. The zero-order chi connectivity index (χ0) is 20.9. The molecule has 1 atom stereocenters. The first kappa shape index (κ1) is 20.8. The number of rotatable bonds is 7. The van der Waals surface area contributed by atoms with E-state index in [1.54, 1.807) is 12.1 Å². The van der Waals surface area contributed by atoms with E-state index in [1.165, 1.54) is 17.8 Å². The van der Waals surface area contributed by atoms with Gasteiger partial charge in [0.25, 0.3) is 0 Å². The molecule has 0 saturated carbocycles. The van der Waals surface area contributed by atoms with Crippen molar-refractivity contribution >= 4 is 5.91 Å². The lowest BCUT2D eigenvalue weighted by molar-refractivity contribution is -0.155. The highest BCUT2D eigenvalue weighted by molar-refractivity contribution is 5.78. The molecular weight excluding hydrogens is 387 g/mol. The van der Waals surface area contributed by atoms with Gasteiger partial charge in [0.2, 0.25) is 5.91 Å². The summed E-state index contributed by atoms with van der Waals surface area (Å²) in [7, 11) is 0. The quantitative estimate of drug-likeness (QED) is 0.693. The van der Waals surface area contributed by atoms with Gasteiger partial charge >= 0.3 is 0 Å². The number of carbonyl (C=O) groups is 1. The minimum atomic E-state index is -0.293. The summed E-state index contributed by atoms with van der Waals surface area (Å²) in [6.45, 7) is 6.83. The van der Waals surface area contributed by atoms with Gasteiger partial charge in [-0.15, -0.1) is 0 Å². The molecule has 2 aromatic rings. The van der Waals surface area contributed by atoms with Gasteiger partial charge in [-0.1, -0.05) is 0 Å². The van der Waals surface area contributed by atoms with Crippen molar-refractivity contribution < 1.29 is 18.7 Å². The number of nitrogens with zero attached hydrogens (tertiary/aromatic N) is 4. The minimum absolute atomic E-state index is 0.0514. The highest BCUT2D eigenvalue weighted by Crippen LogP contribution is 2.22. The van der Waals surface area contributed by atoms with Gasteiger partial charge in [0.1, 0.15) is 30.9 Å². The number of imidazole rings is 1. The first-order valence-corrected chi connectivity index (χ1v) is 10.6. The largest absolute Gasteiger partial charge is 0.491 e. The van der Waals surface area contributed by atoms with Crippen LogP contribution in [0.3, 0.4) is 0 Å². The maximum absolute atomic E-state index is 13.0. The zero-order valence-corrected chi connectivity index (χ0v) is 17.4. The van der Waals surface area contributed by atoms with E-state index in [4.69, 9.17) is 9.47 Å². The predicted octanol–water partition coefficient (Wildman–Crippen LogP) is 2.31. The highest BCUT2D eigenvalue weighted by Gasteiger charge is 2.34. The standard InChI is InChI=1S/C22H29FN4O3/c1-2-26-16-24-11-19(26)12-25-9-7-18(8-10-25)27-13-21(30-15-22(27)28)14-29-20-5-3-17(23)4-6-20/h3-6,11,16,18,21H,2,7-10,12-15H2,1H3. The van der Waals surface area contributed by atoms with Gasteiger partial charge in [0, 0.05) is 38.4 Å².